The van der Waals surface area contributed by atoms with E-state index in [4.69, 9.17) is 9.47 Å². The zero-order chi connectivity index (χ0) is 14.8. The first kappa shape index (κ1) is 13.9. The topological polar surface area (TPSA) is 38.7 Å². The van der Waals surface area contributed by atoms with Crippen molar-refractivity contribution in [1.29, 1.82) is 0 Å². The van der Waals surface area contributed by atoms with Gasteiger partial charge in [-0.3, -0.25) is 0 Å². The van der Waals surface area contributed by atoms with Crippen LogP contribution in [-0.4, -0.2) is 17.8 Å². The standard InChI is InChI=1S/C17H17FO3/c1-11-2-4-17-12(6-11)8-15(21-17)10-20-16-5-3-14(18)7-13(16)9-19/h2-7,15,19H,8-10H2,1H3. The predicted molar refractivity (Wildman–Crippen MR) is 77.1 cm³/mol. The van der Waals surface area contributed by atoms with Gasteiger partial charge < -0.3 is 14.6 Å². The molecule has 0 bridgehead atoms. The fraction of sp³-hybridized carbons (Fsp3) is 0.294. The minimum absolute atomic E-state index is 0.0570. The number of aliphatic hydroxyl groups excluding tert-OH is 1. The smallest absolute Gasteiger partial charge is 0.137 e. The van der Waals surface area contributed by atoms with E-state index in [0.29, 0.717) is 17.9 Å². The number of rotatable bonds is 4. The van der Waals surface area contributed by atoms with Crippen LogP contribution in [0.1, 0.15) is 16.7 Å². The number of fused-ring (bicyclic) bond motifs is 1. The van der Waals surface area contributed by atoms with Crippen molar-refractivity contribution in [1.82, 2.24) is 0 Å². The zero-order valence-electron chi connectivity index (χ0n) is 11.8. The molecule has 1 heterocycles. The van der Waals surface area contributed by atoms with E-state index in [1.54, 1.807) is 0 Å². The van der Waals surface area contributed by atoms with Crippen LogP contribution in [0.5, 0.6) is 11.5 Å². The lowest BCUT2D eigenvalue weighted by atomic mass is 10.1. The largest absolute Gasteiger partial charge is 0.489 e. The number of ether oxygens (including phenoxy) is 2. The maximum absolute atomic E-state index is 13.1. The summed E-state index contributed by atoms with van der Waals surface area (Å²) in [6.07, 6.45) is 0.741. The highest BCUT2D eigenvalue weighted by molar-refractivity contribution is 5.40. The van der Waals surface area contributed by atoms with Gasteiger partial charge in [0.25, 0.3) is 0 Å². The summed E-state index contributed by atoms with van der Waals surface area (Å²) in [7, 11) is 0. The molecule has 1 N–H and O–H groups in total. The molecule has 1 atom stereocenters. The van der Waals surface area contributed by atoms with Gasteiger partial charge >= 0.3 is 0 Å². The number of hydrogen-bond acceptors (Lipinski definition) is 3. The number of aryl methyl sites for hydroxylation is 1. The molecule has 0 aromatic heterocycles. The molecule has 4 heteroatoms. The van der Waals surface area contributed by atoms with E-state index in [1.807, 2.05) is 12.1 Å². The molecule has 110 valence electrons. The quantitative estimate of drug-likeness (QED) is 0.940. The molecule has 1 aliphatic rings. The molecule has 0 spiro atoms. The van der Waals surface area contributed by atoms with Crippen molar-refractivity contribution in [3.05, 3.63) is 58.9 Å². The van der Waals surface area contributed by atoms with E-state index >= 15 is 0 Å². The molecular weight excluding hydrogens is 271 g/mol. The highest BCUT2D eigenvalue weighted by Crippen LogP contribution is 2.30. The third-order valence-corrected chi connectivity index (χ3v) is 3.57. The second-order valence-electron chi connectivity index (χ2n) is 5.28. The minimum atomic E-state index is -0.383. The fourth-order valence-electron chi connectivity index (χ4n) is 2.54. The van der Waals surface area contributed by atoms with Crippen molar-refractivity contribution >= 4 is 0 Å². The Labute approximate surface area is 122 Å². The van der Waals surface area contributed by atoms with E-state index in [0.717, 1.165) is 12.2 Å². The van der Waals surface area contributed by atoms with Gasteiger partial charge in [-0.1, -0.05) is 17.7 Å². The molecule has 3 nitrogen and oxygen atoms in total. The minimum Gasteiger partial charge on any atom is -0.489 e. The molecule has 0 aliphatic carbocycles. The molecular formula is C17H17FO3. The van der Waals surface area contributed by atoms with Crippen LogP contribution >= 0.6 is 0 Å². The van der Waals surface area contributed by atoms with E-state index in [9.17, 15) is 9.50 Å². The maximum Gasteiger partial charge on any atom is 0.137 e. The monoisotopic (exact) mass is 288 g/mol. The van der Waals surface area contributed by atoms with Crippen LogP contribution in [0, 0.1) is 12.7 Å². The van der Waals surface area contributed by atoms with Crippen LogP contribution in [0.3, 0.4) is 0 Å². The number of hydrogen-bond donors (Lipinski definition) is 1. The van der Waals surface area contributed by atoms with Crippen LogP contribution in [0.4, 0.5) is 4.39 Å². The van der Waals surface area contributed by atoms with Gasteiger partial charge in [0.05, 0.1) is 6.61 Å². The fourth-order valence-corrected chi connectivity index (χ4v) is 2.54. The van der Waals surface area contributed by atoms with Gasteiger partial charge in [0, 0.05) is 12.0 Å². The van der Waals surface area contributed by atoms with E-state index < -0.39 is 0 Å². The molecule has 1 aliphatic heterocycles. The normalized spacial score (nSPS) is 16.4. The maximum atomic E-state index is 13.1. The summed E-state index contributed by atoms with van der Waals surface area (Å²) >= 11 is 0. The highest BCUT2D eigenvalue weighted by atomic mass is 19.1. The van der Waals surface area contributed by atoms with E-state index in [1.165, 1.54) is 29.3 Å². The Morgan fingerprint density at radius 2 is 2.14 bits per heavy atom. The van der Waals surface area contributed by atoms with Gasteiger partial charge in [-0.15, -0.1) is 0 Å². The molecule has 0 amide bonds. The van der Waals surface area contributed by atoms with Crippen LogP contribution in [0.2, 0.25) is 0 Å². The lowest BCUT2D eigenvalue weighted by molar-refractivity contribution is 0.145. The average molecular weight is 288 g/mol. The summed E-state index contributed by atoms with van der Waals surface area (Å²) in [4.78, 5) is 0. The first-order valence-electron chi connectivity index (χ1n) is 6.94. The number of benzene rings is 2. The van der Waals surface area contributed by atoms with E-state index in [2.05, 4.69) is 13.0 Å². The Morgan fingerprint density at radius 1 is 1.29 bits per heavy atom. The Bertz CT molecular complexity index is 654. The van der Waals surface area contributed by atoms with Gasteiger partial charge in [-0.25, -0.2) is 4.39 Å². The Hall–Kier alpha value is -2.07. The van der Waals surface area contributed by atoms with Crippen LogP contribution in [0.15, 0.2) is 36.4 Å². The van der Waals surface area contributed by atoms with Gasteiger partial charge in [-0.2, -0.15) is 0 Å². The lowest BCUT2D eigenvalue weighted by Gasteiger charge is -2.14. The summed E-state index contributed by atoms with van der Waals surface area (Å²) in [6, 6.07) is 10.2. The van der Waals surface area contributed by atoms with Gasteiger partial charge in [0.15, 0.2) is 0 Å². The summed E-state index contributed by atoms with van der Waals surface area (Å²) in [5.41, 5.74) is 2.84. The van der Waals surface area contributed by atoms with Crippen LogP contribution in [-0.2, 0) is 13.0 Å². The molecule has 1 unspecified atom stereocenters. The summed E-state index contributed by atoms with van der Waals surface area (Å²) in [5, 5.41) is 9.23. The second kappa shape index (κ2) is 5.74. The first-order valence-corrected chi connectivity index (χ1v) is 6.94. The summed E-state index contributed by atoms with van der Waals surface area (Å²) < 4.78 is 24.6. The van der Waals surface area contributed by atoms with Gasteiger partial charge in [0.1, 0.15) is 30.0 Å². The molecule has 3 rings (SSSR count). The van der Waals surface area contributed by atoms with Crippen molar-refractivity contribution in [3.63, 3.8) is 0 Å². The number of halogens is 1. The molecule has 0 saturated heterocycles. The van der Waals surface area contributed by atoms with Crippen molar-refractivity contribution < 1.29 is 19.0 Å². The Morgan fingerprint density at radius 3 is 2.95 bits per heavy atom. The molecule has 0 fully saturated rings. The van der Waals surface area contributed by atoms with Crippen LogP contribution < -0.4 is 9.47 Å². The first-order chi connectivity index (χ1) is 10.2. The van der Waals surface area contributed by atoms with Crippen molar-refractivity contribution in [2.75, 3.05) is 6.61 Å². The zero-order valence-corrected chi connectivity index (χ0v) is 11.8. The summed E-state index contributed by atoms with van der Waals surface area (Å²) in [5.74, 6) is 1.01. The van der Waals surface area contributed by atoms with Crippen molar-refractivity contribution in [3.8, 4) is 11.5 Å². The Balaban J connectivity index is 1.65. The van der Waals surface area contributed by atoms with Gasteiger partial charge in [0.2, 0.25) is 0 Å². The predicted octanol–water partition coefficient (Wildman–Crippen LogP) is 3.01. The molecule has 0 saturated carbocycles. The van der Waals surface area contributed by atoms with Gasteiger partial charge in [-0.05, 0) is 36.8 Å². The molecule has 0 radical (unpaired) electrons. The average Bonchev–Trinajstić information content (AvgIpc) is 2.87. The molecule has 21 heavy (non-hydrogen) atoms. The molecule has 2 aromatic carbocycles. The van der Waals surface area contributed by atoms with Crippen molar-refractivity contribution in [2.45, 2.75) is 26.1 Å². The highest BCUT2D eigenvalue weighted by Gasteiger charge is 2.23. The number of aliphatic hydroxyl groups is 1. The summed E-state index contributed by atoms with van der Waals surface area (Å²) in [6.45, 7) is 2.17. The van der Waals surface area contributed by atoms with Crippen LogP contribution in [0.25, 0.3) is 0 Å². The van der Waals surface area contributed by atoms with Crippen molar-refractivity contribution in [2.24, 2.45) is 0 Å². The lowest BCUT2D eigenvalue weighted by Crippen LogP contribution is -2.22. The molecule has 2 aromatic rings. The Kier molecular flexibility index (Phi) is 3.80. The third kappa shape index (κ3) is 3.00. The van der Waals surface area contributed by atoms with E-state index in [-0.39, 0.29) is 18.5 Å². The SMILES string of the molecule is Cc1ccc2c(c1)CC(COc1ccc(F)cc1CO)O2. The second-order valence-corrected chi connectivity index (χ2v) is 5.28. The third-order valence-electron chi connectivity index (χ3n) is 3.57.